The SMILES string of the molecule is Cn1ccnc1C(NC(=O)c1cc2c(s1)CCCC2)c1ccccc1F. The van der Waals surface area contributed by atoms with Crippen molar-refractivity contribution in [3.05, 3.63) is 75.2 Å². The van der Waals surface area contributed by atoms with Crippen LogP contribution in [0.25, 0.3) is 0 Å². The maximum atomic E-state index is 14.4. The Labute approximate surface area is 155 Å². The van der Waals surface area contributed by atoms with Gasteiger partial charge in [-0.25, -0.2) is 9.37 Å². The first-order valence-electron chi connectivity index (χ1n) is 8.77. The first-order valence-corrected chi connectivity index (χ1v) is 9.59. The molecule has 0 fully saturated rings. The molecule has 1 aliphatic rings. The van der Waals surface area contributed by atoms with E-state index in [2.05, 4.69) is 10.3 Å². The molecule has 4 rings (SSSR count). The summed E-state index contributed by atoms with van der Waals surface area (Å²) in [6.07, 6.45) is 7.88. The van der Waals surface area contributed by atoms with Gasteiger partial charge in [0.15, 0.2) is 0 Å². The predicted molar refractivity (Wildman–Crippen MR) is 99.9 cm³/mol. The van der Waals surface area contributed by atoms with Gasteiger partial charge in [0.2, 0.25) is 0 Å². The second kappa shape index (κ2) is 7.03. The number of fused-ring (bicyclic) bond motifs is 1. The lowest BCUT2D eigenvalue weighted by Gasteiger charge is -2.19. The van der Waals surface area contributed by atoms with E-state index in [-0.39, 0.29) is 11.7 Å². The number of halogens is 1. The van der Waals surface area contributed by atoms with Crippen molar-refractivity contribution in [3.63, 3.8) is 0 Å². The van der Waals surface area contributed by atoms with Gasteiger partial charge in [0.25, 0.3) is 5.91 Å². The smallest absolute Gasteiger partial charge is 0.262 e. The van der Waals surface area contributed by atoms with Gasteiger partial charge >= 0.3 is 0 Å². The molecule has 0 saturated heterocycles. The highest BCUT2D eigenvalue weighted by atomic mass is 32.1. The van der Waals surface area contributed by atoms with Gasteiger partial charge < -0.3 is 9.88 Å². The lowest BCUT2D eigenvalue weighted by molar-refractivity contribution is 0.0944. The van der Waals surface area contributed by atoms with Gasteiger partial charge in [0, 0.05) is 29.9 Å². The van der Waals surface area contributed by atoms with E-state index in [1.54, 1.807) is 46.5 Å². The first kappa shape index (κ1) is 17.0. The fourth-order valence-electron chi connectivity index (χ4n) is 3.45. The van der Waals surface area contributed by atoms with Crippen LogP contribution in [-0.2, 0) is 19.9 Å². The van der Waals surface area contributed by atoms with Crippen LogP contribution in [0.15, 0.2) is 42.7 Å². The third-order valence-electron chi connectivity index (χ3n) is 4.83. The van der Waals surface area contributed by atoms with Crippen LogP contribution in [0, 0.1) is 5.82 Å². The molecule has 1 unspecified atom stereocenters. The minimum absolute atomic E-state index is 0.180. The number of carbonyl (C=O) groups excluding carboxylic acids is 1. The fraction of sp³-hybridized carbons (Fsp3) is 0.300. The van der Waals surface area contributed by atoms with Crippen LogP contribution in [0.4, 0.5) is 4.39 Å². The van der Waals surface area contributed by atoms with E-state index in [4.69, 9.17) is 0 Å². The summed E-state index contributed by atoms with van der Waals surface area (Å²) in [6, 6.07) is 7.86. The zero-order chi connectivity index (χ0) is 18.1. The normalized spacial score (nSPS) is 14.7. The Balaban J connectivity index is 1.67. The topological polar surface area (TPSA) is 46.9 Å². The van der Waals surface area contributed by atoms with Gasteiger partial charge in [-0.1, -0.05) is 18.2 Å². The van der Waals surface area contributed by atoms with Gasteiger partial charge in [-0.15, -0.1) is 11.3 Å². The molecular weight excluding hydrogens is 349 g/mol. The van der Waals surface area contributed by atoms with Crippen molar-refractivity contribution in [2.24, 2.45) is 7.05 Å². The van der Waals surface area contributed by atoms with Crippen LogP contribution in [0.1, 0.15) is 50.4 Å². The van der Waals surface area contributed by atoms with Crippen molar-refractivity contribution >= 4 is 17.2 Å². The summed E-state index contributed by atoms with van der Waals surface area (Å²) in [6.45, 7) is 0. The molecule has 4 nitrogen and oxygen atoms in total. The number of aryl methyl sites for hydroxylation is 3. The van der Waals surface area contributed by atoms with Crippen LogP contribution in [0.3, 0.4) is 0 Å². The second-order valence-corrected chi connectivity index (χ2v) is 7.73. The van der Waals surface area contributed by atoms with Crippen LogP contribution in [0.5, 0.6) is 0 Å². The average Bonchev–Trinajstić information content (AvgIpc) is 3.26. The van der Waals surface area contributed by atoms with Crippen molar-refractivity contribution in [2.75, 3.05) is 0 Å². The summed E-state index contributed by atoms with van der Waals surface area (Å²) >= 11 is 1.55. The monoisotopic (exact) mass is 369 g/mol. The molecule has 1 aliphatic carbocycles. The molecule has 26 heavy (non-hydrogen) atoms. The van der Waals surface area contributed by atoms with E-state index in [0.717, 1.165) is 12.8 Å². The third-order valence-corrected chi connectivity index (χ3v) is 6.06. The van der Waals surface area contributed by atoms with Gasteiger partial charge in [-0.2, -0.15) is 0 Å². The zero-order valence-electron chi connectivity index (χ0n) is 14.5. The predicted octanol–water partition coefficient (Wildman–Crippen LogP) is 4.02. The minimum Gasteiger partial charge on any atom is -0.337 e. The summed E-state index contributed by atoms with van der Waals surface area (Å²) in [4.78, 5) is 19.2. The number of nitrogens with one attached hydrogen (secondary N) is 1. The number of amides is 1. The molecule has 0 aliphatic heterocycles. The highest BCUT2D eigenvalue weighted by Crippen LogP contribution is 2.30. The van der Waals surface area contributed by atoms with E-state index in [0.29, 0.717) is 16.3 Å². The number of hydrogen-bond acceptors (Lipinski definition) is 3. The van der Waals surface area contributed by atoms with Gasteiger partial charge in [-0.05, 0) is 43.4 Å². The quantitative estimate of drug-likeness (QED) is 0.755. The first-order chi connectivity index (χ1) is 12.6. The Morgan fingerprint density at radius 1 is 1.31 bits per heavy atom. The Bertz CT molecular complexity index is 923. The average molecular weight is 369 g/mol. The van der Waals surface area contributed by atoms with Crippen LogP contribution < -0.4 is 5.32 Å². The highest BCUT2D eigenvalue weighted by Gasteiger charge is 2.25. The maximum Gasteiger partial charge on any atom is 0.262 e. The summed E-state index contributed by atoms with van der Waals surface area (Å²) in [5, 5.41) is 2.99. The Kier molecular flexibility index (Phi) is 4.59. The largest absolute Gasteiger partial charge is 0.337 e. The summed E-state index contributed by atoms with van der Waals surface area (Å²) in [5.41, 5.74) is 1.70. The van der Waals surface area contributed by atoms with Crippen molar-refractivity contribution in [1.29, 1.82) is 0 Å². The molecule has 0 saturated carbocycles. The summed E-state index contributed by atoms with van der Waals surface area (Å²) in [7, 11) is 1.84. The maximum absolute atomic E-state index is 14.4. The zero-order valence-corrected chi connectivity index (χ0v) is 15.4. The van der Waals surface area contributed by atoms with E-state index < -0.39 is 6.04 Å². The lowest BCUT2D eigenvalue weighted by Crippen LogP contribution is -2.31. The number of thiophene rings is 1. The summed E-state index contributed by atoms with van der Waals surface area (Å²) < 4.78 is 16.2. The van der Waals surface area contributed by atoms with Crippen molar-refractivity contribution in [3.8, 4) is 0 Å². The molecule has 1 aromatic carbocycles. The molecule has 134 valence electrons. The molecule has 0 spiro atoms. The van der Waals surface area contributed by atoms with Crippen LogP contribution >= 0.6 is 11.3 Å². The Hall–Kier alpha value is -2.47. The van der Waals surface area contributed by atoms with Gasteiger partial charge in [0.05, 0.1) is 4.88 Å². The van der Waals surface area contributed by atoms with E-state index >= 15 is 0 Å². The molecule has 0 bridgehead atoms. The Morgan fingerprint density at radius 2 is 2.12 bits per heavy atom. The highest BCUT2D eigenvalue weighted by molar-refractivity contribution is 7.14. The lowest BCUT2D eigenvalue weighted by atomic mass is 9.99. The van der Waals surface area contributed by atoms with Crippen LogP contribution in [0.2, 0.25) is 0 Å². The van der Waals surface area contributed by atoms with Gasteiger partial charge in [0.1, 0.15) is 17.7 Å². The molecule has 1 atom stereocenters. The molecule has 1 N–H and O–H groups in total. The molecule has 1 amide bonds. The van der Waals surface area contributed by atoms with Crippen LogP contribution in [-0.4, -0.2) is 15.5 Å². The molecular formula is C20H20FN3OS. The van der Waals surface area contributed by atoms with E-state index in [9.17, 15) is 9.18 Å². The number of nitrogens with zero attached hydrogens (tertiary/aromatic N) is 2. The van der Waals surface area contributed by atoms with E-state index in [1.165, 1.54) is 29.3 Å². The number of imidazole rings is 1. The number of hydrogen-bond donors (Lipinski definition) is 1. The molecule has 6 heteroatoms. The Morgan fingerprint density at radius 3 is 2.85 bits per heavy atom. The fourth-order valence-corrected chi connectivity index (χ4v) is 4.61. The van der Waals surface area contributed by atoms with Crippen molar-refractivity contribution < 1.29 is 9.18 Å². The molecule has 2 aromatic heterocycles. The molecule has 0 radical (unpaired) electrons. The molecule has 3 aromatic rings. The van der Waals surface area contributed by atoms with Crippen molar-refractivity contribution in [1.82, 2.24) is 14.9 Å². The minimum atomic E-state index is -0.636. The second-order valence-electron chi connectivity index (χ2n) is 6.59. The molecule has 2 heterocycles. The third kappa shape index (κ3) is 3.17. The standard InChI is InChI=1S/C20H20FN3OS/c1-24-11-10-22-19(24)18(14-7-3-4-8-15(14)21)23-20(25)17-12-13-6-2-5-9-16(13)26-17/h3-4,7-8,10-12,18H,2,5-6,9H2,1H3,(H,23,25). The van der Waals surface area contributed by atoms with Gasteiger partial charge in [-0.3, -0.25) is 4.79 Å². The number of rotatable bonds is 4. The number of carbonyl (C=O) groups is 1. The number of benzene rings is 1. The van der Waals surface area contributed by atoms with E-state index in [1.807, 2.05) is 13.1 Å². The van der Waals surface area contributed by atoms with Crippen molar-refractivity contribution in [2.45, 2.75) is 31.7 Å². The number of aromatic nitrogens is 2. The summed E-state index contributed by atoms with van der Waals surface area (Å²) in [5.74, 6) is 0.0664.